The topological polar surface area (TPSA) is 169 Å². The van der Waals surface area contributed by atoms with Crippen LogP contribution in [0.4, 0.5) is 10.5 Å². The van der Waals surface area contributed by atoms with Crippen LogP contribution in [0.2, 0.25) is 0 Å². The summed E-state index contributed by atoms with van der Waals surface area (Å²) in [5.41, 5.74) is 0.202. The lowest BCUT2D eigenvalue weighted by atomic mass is 10.1. The van der Waals surface area contributed by atoms with Gasteiger partial charge in [-0.3, -0.25) is 19.2 Å². The Morgan fingerprint density at radius 1 is 0.900 bits per heavy atom. The second-order valence-corrected chi connectivity index (χ2v) is 9.76. The van der Waals surface area contributed by atoms with Crippen molar-refractivity contribution in [1.29, 1.82) is 0 Å². The summed E-state index contributed by atoms with van der Waals surface area (Å²) >= 11 is 0. The molecular formula is C28H35N3O9. The van der Waals surface area contributed by atoms with Crippen LogP contribution in [0.1, 0.15) is 45.6 Å². The fraction of sp³-hybridized carbons (Fsp3) is 0.393. The monoisotopic (exact) mass is 557 g/mol. The Bertz CT molecular complexity index is 1180. The number of amides is 3. The number of nitrogens with one attached hydrogen (secondary N) is 3. The largest absolute Gasteiger partial charge is 0.497 e. The number of carboxylic acid groups (broad SMARTS) is 1. The minimum atomic E-state index is -1.48. The maximum absolute atomic E-state index is 13.2. The van der Waals surface area contributed by atoms with E-state index in [1.54, 1.807) is 75.4 Å². The molecule has 2 aromatic rings. The lowest BCUT2D eigenvalue weighted by Crippen LogP contribution is -2.53. The summed E-state index contributed by atoms with van der Waals surface area (Å²) in [5, 5.41) is 16.5. The predicted molar refractivity (Wildman–Crippen MR) is 144 cm³/mol. The first-order valence-corrected chi connectivity index (χ1v) is 12.5. The van der Waals surface area contributed by atoms with Gasteiger partial charge in [0.15, 0.2) is 0 Å². The summed E-state index contributed by atoms with van der Waals surface area (Å²) in [5.74, 6) is -3.09. The van der Waals surface area contributed by atoms with Crippen molar-refractivity contribution in [2.24, 2.45) is 0 Å². The number of anilines is 1. The van der Waals surface area contributed by atoms with Crippen LogP contribution in [0.25, 0.3) is 0 Å². The van der Waals surface area contributed by atoms with Crippen molar-refractivity contribution < 1.29 is 43.3 Å². The molecule has 4 N–H and O–H groups in total. The van der Waals surface area contributed by atoms with Crippen LogP contribution in [0.15, 0.2) is 54.6 Å². The van der Waals surface area contributed by atoms with Gasteiger partial charge < -0.3 is 35.3 Å². The van der Waals surface area contributed by atoms with Gasteiger partial charge in [-0.2, -0.15) is 0 Å². The molecule has 0 spiro atoms. The van der Waals surface area contributed by atoms with Gasteiger partial charge in [0.1, 0.15) is 30.0 Å². The Kier molecular flexibility index (Phi) is 11.9. The van der Waals surface area contributed by atoms with Crippen molar-refractivity contribution in [2.45, 2.75) is 64.3 Å². The molecule has 2 rings (SSSR count). The van der Waals surface area contributed by atoms with E-state index in [1.165, 1.54) is 7.11 Å². The third kappa shape index (κ3) is 11.8. The number of rotatable bonds is 13. The number of carbonyl (C=O) groups excluding carboxylic acids is 4. The zero-order chi connectivity index (χ0) is 29.7. The molecule has 216 valence electrons. The second-order valence-electron chi connectivity index (χ2n) is 9.76. The van der Waals surface area contributed by atoms with Gasteiger partial charge in [-0.25, -0.2) is 4.79 Å². The first-order valence-electron chi connectivity index (χ1n) is 12.5. The van der Waals surface area contributed by atoms with Crippen molar-refractivity contribution in [3.63, 3.8) is 0 Å². The number of ether oxygens (including phenoxy) is 3. The maximum atomic E-state index is 13.2. The van der Waals surface area contributed by atoms with Crippen LogP contribution in [0, 0.1) is 0 Å². The zero-order valence-electron chi connectivity index (χ0n) is 22.9. The van der Waals surface area contributed by atoms with Crippen LogP contribution in [0.5, 0.6) is 5.75 Å². The quantitative estimate of drug-likeness (QED) is 0.270. The molecular weight excluding hydrogens is 522 g/mol. The summed E-state index contributed by atoms with van der Waals surface area (Å²) in [6.45, 7) is 4.85. The highest BCUT2D eigenvalue weighted by molar-refractivity contribution is 5.99. The number of esters is 1. The molecule has 0 bridgehead atoms. The molecule has 2 aromatic carbocycles. The summed E-state index contributed by atoms with van der Waals surface area (Å²) < 4.78 is 15.6. The minimum absolute atomic E-state index is 0.0857. The number of alkyl carbamates (subject to hydrolysis) is 1. The molecule has 0 fully saturated rings. The molecule has 0 radical (unpaired) electrons. The molecule has 40 heavy (non-hydrogen) atoms. The molecule has 0 aliphatic heterocycles. The van der Waals surface area contributed by atoms with E-state index in [2.05, 4.69) is 16.0 Å². The van der Waals surface area contributed by atoms with Gasteiger partial charge in [0.25, 0.3) is 0 Å². The van der Waals surface area contributed by atoms with Crippen molar-refractivity contribution in [3.05, 3.63) is 60.2 Å². The van der Waals surface area contributed by atoms with Crippen LogP contribution in [-0.4, -0.2) is 59.7 Å². The fourth-order valence-electron chi connectivity index (χ4n) is 3.41. The molecule has 0 heterocycles. The van der Waals surface area contributed by atoms with Crippen LogP contribution in [-0.2, 0) is 35.3 Å². The van der Waals surface area contributed by atoms with Gasteiger partial charge in [0, 0.05) is 18.2 Å². The van der Waals surface area contributed by atoms with Gasteiger partial charge in [-0.15, -0.1) is 0 Å². The molecule has 12 nitrogen and oxygen atoms in total. The number of hydrogen-bond donors (Lipinski definition) is 4. The van der Waals surface area contributed by atoms with E-state index in [4.69, 9.17) is 19.3 Å². The molecule has 0 aromatic heterocycles. The molecule has 0 aliphatic carbocycles. The summed E-state index contributed by atoms with van der Waals surface area (Å²) in [4.78, 5) is 62.5. The molecule has 2 atom stereocenters. The van der Waals surface area contributed by atoms with E-state index in [1.807, 2.05) is 0 Å². The number of benzene rings is 2. The average Bonchev–Trinajstić information content (AvgIpc) is 2.88. The SMILES string of the molecule is COc1cccc(NC(=O)[C@H](CCC(=O)O)NC(=O)[C@H](CC(=O)OC(C)(C)C)NC(=O)OCc2ccccc2)c1. The molecule has 0 saturated carbocycles. The first-order chi connectivity index (χ1) is 18.9. The summed E-state index contributed by atoms with van der Waals surface area (Å²) in [6.07, 6.45) is -2.23. The smallest absolute Gasteiger partial charge is 0.408 e. The third-order valence-electron chi connectivity index (χ3n) is 5.23. The number of methoxy groups -OCH3 is 1. The van der Waals surface area contributed by atoms with Gasteiger partial charge >= 0.3 is 18.0 Å². The van der Waals surface area contributed by atoms with Gasteiger partial charge in [-0.1, -0.05) is 36.4 Å². The molecule has 12 heteroatoms. The Hall–Kier alpha value is -4.61. The maximum Gasteiger partial charge on any atom is 0.408 e. The van der Waals surface area contributed by atoms with E-state index >= 15 is 0 Å². The number of carboxylic acids is 1. The van der Waals surface area contributed by atoms with E-state index in [-0.39, 0.29) is 13.0 Å². The van der Waals surface area contributed by atoms with Crippen LogP contribution < -0.4 is 20.7 Å². The van der Waals surface area contributed by atoms with Crippen molar-refractivity contribution >= 4 is 35.5 Å². The van der Waals surface area contributed by atoms with Crippen molar-refractivity contribution in [2.75, 3.05) is 12.4 Å². The number of carbonyl (C=O) groups is 5. The van der Waals surface area contributed by atoms with Gasteiger partial charge in [-0.05, 0) is 44.9 Å². The molecule has 0 aliphatic rings. The fourth-order valence-corrected chi connectivity index (χ4v) is 3.41. The van der Waals surface area contributed by atoms with E-state index in [0.29, 0.717) is 17.0 Å². The third-order valence-corrected chi connectivity index (χ3v) is 5.23. The number of hydrogen-bond acceptors (Lipinski definition) is 8. The van der Waals surface area contributed by atoms with Crippen LogP contribution >= 0.6 is 0 Å². The highest BCUT2D eigenvalue weighted by Gasteiger charge is 2.31. The average molecular weight is 558 g/mol. The second kappa shape index (κ2) is 15.1. The Morgan fingerprint density at radius 2 is 1.60 bits per heavy atom. The predicted octanol–water partition coefficient (Wildman–Crippen LogP) is 3.01. The Morgan fingerprint density at radius 3 is 2.23 bits per heavy atom. The van der Waals surface area contributed by atoms with Crippen LogP contribution in [0.3, 0.4) is 0 Å². The highest BCUT2D eigenvalue weighted by atomic mass is 16.6. The van der Waals surface area contributed by atoms with E-state index in [9.17, 15) is 24.0 Å². The summed E-state index contributed by atoms with van der Waals surface area (Å²) in [6, 6.07) is 12.5. The molecule has 0 saturated heterocycles. The highest BCUT2D eigenvalue weighted by Crippen LogP contribution is 2.17. The number of aliphatic carboxylic acids is 1. The van der Waals surface area contributed by atoms with E-state index in [0.717, 1.165) is 0 Å². The first kappa shape index (κ1) is 31.6. The van der Waals surface area contributed by atoms with Gasteiger partial charge in [0.05, 0.1) is 13.5 Å². The van der Waals surface area contributed by atoms with Gasteiger partial charge in [0.2, 0.25) is 11.8 Å². The molecule has 3 amide bonds. The molecule has 0 unspecified atom stereocenters. The van der Waals surface area contributed by atoms with Crippen molar-refractivity contribution in [3.8, 4) is 5.75 Å². The Balaban J connectivity index is 2.18. The zero-order valence-corrected chi connectivity index (χ0v) is 22.9. The van der Waals surface area contributed by atoms with Crippen molar-refractivity contribution in [1.82, 2.24) is 10.6 Å². The Labute approximate surface area is 232 Å². The standard InChI is InChI=1S/C28H35N3O9/c1-28(2,3)40-24(34)16-22(31-27(37)39-17-18-9-6-5-7-10-18)26(36)30-21(13-14-23(32)33)25(35)29-19-11-8-12-20(15-19)38-4/h5-12,15,21-22H,13-14,16-17H2,1-4H3,(H,29,35)(H,30,36)(H,31,37)(H,32,33)/t21-,22-/m0/s1. The van der Waals surface area contributed by atoms with E-state index < -0.39 is 60.4 Å². The summed E-state index contributed by atoms with van der Waals surface area (Å²) in [7, 11) is 1.46. The lowest BCUT2D eigenvalue weighted by Gasteiger charge is -2.24. The lowest BCUT2D eigenvalue weighted by molar-refractivity contribution is -0.156. The normalized spacial score (nSPS) is 12.3. The minimum Gasteiger partial charge on any atom is -0.497 e.